The van der Waals surface area contributed by atoms with Crippen LogP contribution in [-0.4, -0.2) is 17.7 Å². The molecule has 0 atom stereocenters. The third kappa shape index (κ3) is 3.73. The van der Waals surface area contributed by atoms with Crippen molar-refractivity contribution in [3.8, 4) is 11.5 Å². The third-order valence-electron chi connectivity index (χ3n) is 4.34. The van der Waals surface area contributed by atoms with Gasteiger partial charge in [0, 0.05) is 5.56 Å². The number of carbonyl (C=O) groups excluding carboxylic acids is 1. The van der Waals surface area contributed by atoms with Crippen LogP contribution in [-0.2, 0) is 0 Å². The van der Waals surface area contributed by atoms with E-state index < -0.39 is 0 Å². The van der Waals surface area contributed by atoms with Crippen LogP contribution in [0.15, 0.2) is 48.7 Å². The Morgan fingerprint density at radius 3 is 2.64 bits per heavy atom. The molecule has 2 N–H and O–H groups in total. The third-order valence-corrected chi connectivity index (χ3v) is 4.64. The highest BCUT2D eigenvalue weighted by atomic mass is 35.5. The van der Waals surface area contributed by atoms with Gasteiger partial charge in [0.2, 0.25) is 6.79 Å². The fourth-order valence-electron chi connectivity index (χ4n) is 2.98. The lowest BCUT2D eigenvalue weighted by molar-refractivity contribution is 0.102. The number of rotatable bonds is 4. The number of nitrogens with zero attached hydrogens (tertiary/aromatic N) is 1. The molecule has 0 saturated heterocycles. The summed E-state index contributed by atoms with van der Waals surface area (Å²) in [6.07, 6.45) is 1.59. The van der Waals surface area contributed by atoms with Gasteiger partial charge in [-0.1, -0.05) is 17.7 Å². The molecule has 6 nitrogen and oxygen atoms in total. The summed E-state index contributed by atoms with van der Waals surface area (Å²) in [5.41, 5.74) is 4.01. The van der Waals surface area contributed by atoms with Gasteiger partial charge in [0.05, 0.1) is 22.6 Å². The average molecular weight is 396 g/mol. The molecule has 0 fully saturated rings. The first-order chi connectivity index (χ1) is 13.5. The predicted octanol–water partition coefficient (Wildman–Crippen LogP) is 5.08. The van der Waals surface area contributed by atoms with Crippen LogP contribution in [0.5, 0.6) is 11.5 Å². The van der Waals surface area contributed by atoms with E-state index in [9.17, 15) is 4.79 Å². The zero-order chi connectivity index (χ0) is 19.7. The van der Waals surface area contributed by atoms with E-state index in [2.05, 4.69) is 15.6 Å². The molecular formula is C21H18ClN3O3. The highest BCUT2D eigenvalue weighted by Gasteiger charge is 2.16. The van der Waals surface area contributed by atoms with Crippen LogP contribution in [0.2, 0.25) is 5.02 Å². The first kappa shape index (κ1) is 18.1. The zero-order valence-corrected chi connectivity index (χ0v) is 16.1. The Morgan fingerprint density at radius 1 is 1.07 bits per heavy atom. The minimum Gasteiger partial charge on any atom is -0.454 e. The Hall–Kier alpha value is -3.25. The van der Waals surface area contributed by atoms with Gasteiger partial charge in [-0.3, -0.25) is 4.79 Å². The van der Waals surface area contributed by atoms with Gasteiger partial charge in [0.1, 0.15) is 5.82 Å². The number of hydrogen-bond acceptors (Lipinski definition) is 5. The minimum absolute atomic E-state index is 0.170. The molecule has 1 aromatic heterocycles. The fourth-order valence-corrected chi connectivity index (χ4v) is 3.35. The second-order valence-corrected chi connectivity index (χ2v) is 6.93. The van der Waals surface area contributed by atoms with Gasteiger partial charge >= 0.3 is 0 Å². The molecule has 0 spiro atoms. The smallest absolute Gasteiger partial charge is 0.255 e. The van der Waals surface area contributed by atoms with Crippen LogP contribution in [0.25, 0.3) is 0 Å². The van der Waals surface area contributed by atoms with Gasteiger partial charge in [0.15, 0.2) is 11.5 Å². The van der Waals surface area contributed by atoms with Gasteiger partial charge in [0.25, 0.3) is 5.91 Å². The van der Waals surface area contributed by atoms with E-state index in [4.69, 9.17) is 21.1 Å². The molecule has 142 valence electrons. The molecule has 4 rings (SSSR count). The molecule has 2 aromatic carbocycles. The molecule has 1 aliphatic heterocycles. The molecule has 3 aromatic rings. The number of aryl methyl sites for hydroxylation is 2. The second kappa shape index (κ2) is 7.40. The lowest BCUT2D eigenvalue weighted by atomic mass is 10.1. The number of aromatic nitrogens is 1. The lowest BCUT2D eigenvalue weighted by Crippen LogP contribution is -2.12. The van der Waals surface area contributed by atoms with Gasteiger partial charge < -0.3 is 20.1 Å². The summed E-state index contributed by atoms with van der Waals surface area (Å²) in [6.45, 7) is 4.16. The molecule has 0 unspecified atom stereocenters. The molecule has 28 heavy (non-hydrogen) atoms. The van der Waals surface area contributed by atoms with Gasteiger partial charge in [-0.2, -0.15) is 0 Å². The standard InChI is InChI=1S/C21H18ClN3O3/c1-12-7-13(2)20(16(22)8-12)25-19-6-4-15(10-23-19)24-21(26)14-3-5-17-18(9-14)28-11-27-17/h3-10H,11H2,1-2H3,(H,23,25)(H,24,26). The van der Waals surface area contributed by atoms with E-state index in [1.807, 2.05) is 26.0 Å². The van der Waals surface area contributed by atoms with E-state index in [1.165, 1.54) is 0 Å². The summed E-state index contributed by atoms with van der Waals surface area (Å²) < 4.78 is 10.6. The maximum Gasteiger partial charge on any atom is 0.255 e. The van der Waals surface area contributed by atoms with Gasteiger partial charge in [-0.05, 0) is 61.4 Å². The number of benzene rings is 2. The number of nitrogens with one attached hydrogen (secondary N) is 2. The molecule has 1 aliphatic rings. The maximum atomic E-state index is 12.4. The van der Waals surface area contributed by atoms with Crippen molar-refractivity contribution >= 4 is 34.7 Å². The van der Waals surface area contributed by atoms with E-state index in [1.54, 1.807) is 36.5 Å². The molecule has 0 radical (unpaired) electrons. The lowest BCUT2D eigenvalue weighted by Gasteiger charge is -2.12. The molecule has 2 heterocycles. The predicted molar refractivity (Wildman–Crippen MR) is 109 cm³/mol. The first-order valence-corrected chi connectivity index (χ1v) is 9.08. The van der Waals surface area contributed by atoms with Crippen LogP contribution >= 0.6 is 11.6 Å². The number of ether oxygens (including phenoxy) is 2. The molecule has 1 amide bonds. The number of fused-ring (bicyclic) bond motifs is 1. The van der Waals surface area contributed by atoms with Crippen LogP contribution in [0.3, 0.4) is 0 Å². The monoisotopic (exact) mass is 395 g/mol. The number of carbonyl (C=O) groups is 1. The number of halogens is 1. The van der Waals surface area contributed by atoms with Crippen molar-refractivity contribution in [1.82, 2.24) is 4.98 Å². The zero-order valence-electron chi connectivity index (χ0n) is 15.4. The Morgan fingerprint density at radius 2 is 1.89 bits per heavy atom. The summed E-state index contributed by atoms with van der Waals surface area (Å²) in [4.78, 5) is 16.8. The summed E-state index contributed by atoms with van der Waals surface area (Å²) in [5, 5.41) is 6.68. The molecule has 0 bridgehead atoms. The molecule has 0 saturated carbocycles. The summed E-state index contributed by atoms with van der Waals surface area (Å²) >= 11 is 6.33. The van der Waals surface area contributed by atoms with E-state index >= 15 is 0 Å². The number of pyridine rings is 1. The van der Waals surface area contributed by atoms with Crippen molar-refractivity contribution in [1.29, 1.82) is 0 Å². The number of amides is 1. The van der Waals surface area contributed by atoms with Gasteiger partial charge in [-0.15, -0.1) is 0 Å². The van der Waals surface area contributed by atoms with Crippen molar-refractivity contribution in [3.63, 3.8) is 0 Å². The molecular weight excluding hydrogens is 378 g/mol. The van der Waals surface area contributed by atoms with E-state index in [0.717, 1.165) is 16.8 Å². The normalized spacial score (nSPS) is 12.0. The van der Waals surface area contributed by atoms with E-state index in [0.29, 0.717) is 33.6 Å². The van der Waals surface area contributed by atoms with Crippen molar-refractivity contribution in [3.05, 3.63) is 70.4 Å². The summed E-state index contributed by atoms with van der Waals surface area (Å²) in [5.74, 6) is 1.59. The Balaban J connectivity index is 1.46. The molecule has 7 heteroatoms. The number of anilines is 3. The summed E-state index contributed by atoms with van der Waals surface area (Å²) in [7, 11) is 0. The van der Waals surface area contributed by atoms with Gasteiger partial charge in [-0.25, -0.2) is 4.98 Å². The quantitative estimate of drug-likeness (QED) is 0.644. The largest absolute Gasteiger partial charge is 0.454 e. The van der Waals surface area contributed by atoms with Crippen LogP contribution in [0, 0.1) is 13.8 Å². The van der Waals surface area contributed by atoms with Crippen LogP contribution in [0.1, 0.15) is 21.5 Å². The first-order valence-electron chi connectivity index (χ1n) is 8.70. The Labute approximate surface area is 167 Å². The van der Waals surface area contributed by atoms with Crippen LogP contribution < -0.4 is 20.1 Å². The Kier molecular flexibility index (Phi) is 4.79. The second-order valence-electron chi connectivity index (χ2n) is 6.52. The Bertz CT molecular complexity index is 1030. The van der Waals surface area contributed by atoms with Crippen molar-refractivity contribution in [2.45, 2.75) is 13.8 Å². The highest BCUT2D eigenvalue weighted by Crippen LogP contribution is 2.33. The van der Waals surface area contributed by atoms with Crippen molar-refractivity contribution in [2.75, 3.05) is 17.4 Å². The minimum atomic E-state index is -0.252. The van der Waals surface area contributed by atoms with Crippen LogP contribution in [0.4, 0.5) is 17.2 Å². The molecule has 0 aliphatic carbocycles. The van der Waals surface area contributed by atoms with Crippen molar-refractivity contribution in [2.24, 2.45) is 0 Å². The maximum absolute atomic E-state index is 12.4. The fraction of sp³-hybridized carbons (Fsp3) is 0.143. The average Bonchev–Trinajstić information content (AvgIpc) is 3.13. The summed E-state index contributed by atoms with van der Waals surface area (Å²) in [6, 6.07) is 12.6. The SMILES string of the molecule is Cc1cc(C)c(Nc2ccc(NC(=O)c3ccc4c(c3)OCO4)cn2)c(Cl)c1. The van der Waals surface area contributed by atoms with Crippen molar-refractivity contribution < 1.29 is 14.3 Å². The number of hydrogen-bond donors (Lipinski definition) is 2. The highest BCUT2D eigenvalue weighted by molar-refractivity contribution is 6.33. The topological polar surface area (TPSA) is 72.5 Å². The van der Waals surface area contributed by atoms with E-state index in [-0.39, 0.29) is 12.7 Å².